The van der Waals surface area contributed by atoms with Gasteiger partial charge in [0.2, 0.25) is 0 Å². The maximum atomic E-state index is 11.9. The van der Waals surface area contributed by atoms with E-state index in [-0.39, 0.29) is 24.7 Å². The van der Waals surface area contributed by atoms with E-state index in [4.69, 9.17) is 9.47 Å². The smallest absolute Gasteiger partial charge is 0.319 e. The lowest BCUT2D eigenvalue weighted by molar-refractivity contribution is -0.170. The molecule has 1 rings (SSSR count). The fraction of sp³-hybridized carbons (Fsp3) is 0.818. The van der Waals surface area contributed by atoms with E-state index in [1.54, 1.807) is 14.0 Å². The number of methoxy groups -OCH3 is 1. The lowest BCUT2D eigenvalue weighted by Crippen LogP contribution is -2.51. The van der Waals surface area contributed by atoms with Crippen molar-refractivity contribution < 1.29 is 24.2 Å². The zero-order chi connectivity index (χ0) is 12.2. The van der Waals surface area contributed by atoms with Crippen LogP contribution in [0.3, 0.4) is 0 Å². The number of carboxylic acid groups (broad SMARTS) is 1. The van der Waals surface area contributed by atoms with Gasteiger partial charge in [-0.15, -0.1) is 0 Å². The number of Topliss-reactive ketones (excluding diaryl/α,β-unsaturated/α-hetero) is 1. The van der Waals surface area contributed by atoms with Gasteiger partial charge in [-0.05, 0) is 12.3 Å². The van der Waals surface area contributed by atoms with Crippen molar-refractivity contribution in [1.82, 2.24) is 0 Å². The largest absolute Gasteiger partial charge is 0.480 e. The highest BCUT2D eigenvalue weighted by atomic mass is 16.5. The predicted molar refractivity (Wildman–Crippen MR) is 56.2 cm³/mol. The Hall–Kier alpha value is -0.940. The van der Waals surface area contributed by atoms with Crippen molar-refractivity contribution in [3.05, 3.63) is 0 Å². The molecule has 1 heterocycles. The average Bonchev–Trinajstić information content (AvgIpc) is 2.26. The van der Waals surface area contributed by atoms with E-state index in [2.05, 4.69) is 0 Å². The number of hydrogen-bond donors (Lipinski definition) is 1. The monoisotopic (exact) mass is 230 g/mol. The van der Waals surface area contributed by atoms with E-state index in [1.165, 1.54) is 0 Å². The molecule has 1 N–H and O–H groups in total. The van der Waals surface area contributed by atoms with Gasteiger partial charge in [0.25, 0.3) is 0 Å². The van der Waals surface area contributed by atoms with E-state index in [1.807, 2.05) is 0 Å². The van der Waals surface area contributed by atoms with Crippen molar-refractivity contribution in [3.63, 3.8) is 0 Å². The molecule has 0 aromatic rings. The number of ketones is 1. The van der Waals surface area contributed by atoms with Gasteiger partial charge in [-0.3, -0.25) is 9.59 Å². The fourth-order valence-corrected chi connectivity index (χ4v) is 2.05. The first kappa shape index (κ1) is 13.1. The van der Waals surface area contributed by atoms with E-state index >= 15 is 0 Å². The second kappa shape index (κ2) is 5.41. The molecule has 0 aliphatic carbocycles. The number of hydrogen-bond acceptors (Lipinski definition) is 4. The third-order valence-electron chi connectivity index (χ3n) is 3.28. The molecule has 1 aliphatic rings. The van der Waals surface area contributed by atoms with E-state index in [9.17, 15) is 14.7 Å². The summed E-state index contributed by atoms with van der Waals surface area (Å²) in [5.74, 6) is -1.59. The Morgan fingerprint density at radius 2 is 2.38 bits per heavy atom. The lowest BCUT2D eigenvalue weighted by atomic mass is 9.70. The minimum Gasteiger partial charge on any atom is -0.480 e. The fourth-order valence-electron chi connectivity index (χ4n) is 2.05. The summed E-state index contributed by atoms with van der Waals surface area (Å²) in [6.07, 6.45) is 0.724. The van der Waals surface area contributed by atoms with Crippen molar-refractivity contribution in [1.29, 1.82) is 0 Å². The van der Waals surface area contributed by atoms with Gasteiger partial charge in [-0.1, -0.05) is 6.92 Å². The standard InChI is InChI=1S/C11H18O5/c1-8(3-5-15-2)11(10(13)14)7-16-6-4-9(11)12/h8H,3-7H2,1-2H3,(H,13,14). The Morgan fingerprint density at radius 3 is 2.88 bits per heavy atom. The Balaban J connectivity index is 2.86. The molecule has 0 saturated carbocycles. The average molecular weight is 230 g/mol. The number of carbonyl (C=O) groups excluding carboxylic acids is 1. The summed E-state index contributed by atoms with van der Waals surface area (Å²) in [6.45, 7) is 2.51. The summed E-state index contributed by atoms with van der Waals surface area (Å²) in [5, 5.41) is 9.29. The molecule has 5 nitrogen and oxygen atoms in total. The van der Waals surface area contributed by atoms with Crippen LogP contribution in [0.15, 0.2) is 0 Å². The van der Waals surface area contributed by atoms with Gasteiger partial charge >= 0.3 is 5.97 Å². The first-order chi connectivity index (χ1) is 7.55. The molecule has 0 spiro atoms. The predicted octanol–water partition coefficient (Wildman–Crippen LogP) is 0.719. The Kier molecular flexibility index (Phi) is 4.44. The number of rotatable bonds is 5. The summed E-state index contributed by atoms with van der Waals surface area (Å²) >= 11 is 0. The van der Waals surface area contributed by atoms with Crippen molar-refractivity contribution in [2.45, 2.75) is 19.8 Å². The number of carboxylic acids is 1. The van der Waals surface area contributed by atoms with Crippen molar-refractivity contribution >= 4 is 11.8 Å². The van der Waals surface area contributed by atoms with Crippen LogP contribution in [0.5, 0.6) is 0 Å². The molecule has 5 heteroatoms. The molecule has 92 valence electrons. The lowest BCUT2D eigenvalue weighted by Gasteiger charge is -2.36. The second-order valence-electron chi connectivity index (χ2n) is 4.18. The normalized spacial score (nSPS) is 27.8. The molecule has 1 aliphatic heterocycles. The Morgan fingerprint density at radius 1 is 1.69 bits per heavy atom. The van der Waals surface area contributed by atoms with Crippen LogP contribution in [0.1, 0.15) is 19.8 Å². The molecule has 16 heavy (non-hydrogen) atoms. The van der Waals surface area contributed by atoms with E-state index in [0.29, 0.717) is 19.6 Å². The highest BCUT2D eigenvalue weighted by Gasteiger charge is 2.51. The van der Waals surface area contributed by atoms with Crippen LogP contribution in [-0.4, -0.2) is 43.8 Å². The molecule has 0 amide bonds. The van der Waals surface area contributed by atoms with Gasteiger partial charge < -0.3 is 14.6 Å². The molecule has 2 atom stereocenters. The van der Waals surface area contributed by atoms with Gasteiger partial charge in [0.1, 0.15) is 0 Å². The number of aliphatic carboxylic acids is 1. The van der Waals surface area contributed by atoms with Crippen molar-refractivity contribution in [2.24, 2.45) is 11.3 Å². The minimum absolute atomic E-state index is 0.0218. The SMILES string of the molecule is COCCC(C)C1(C(=O)O)COCCC1=O. The quantitative estimate of drug-likeness (QED) is 0.704. The zero-order valence-electron chi connectivity index (χ0n) is 9.69. The maximum absolute atomic E-state index is 11.9. The topological polar surface area (TPSA) is 72.8 Å². The summed E-state index contributed by atoms with van der Waals surface area (Å²) < 4.78 is 10.1. The molecule has 2 unspecified atom stereocenters. The molecule has 0 aromatic heterocycles. The minimum atomic E-state index is -1.38. The highest BCUT2D eigenvalue weighted by Crippen LogP contribution is 2.35. The van der Waals surface area contributed by atoms with E-state index < -0.39 is 11.4 Å². The third kappa shape index (κ3) is 2.25. The van der Waals surface area contributed by atoms with Crippen LogP contribution >= 0.6 is 0 Å². The van der Waals surface area contributed by atoms with Crippen LogP contribution in [-0.2, 0) is 19.1 Å². The zero-order valence-corrected chi connectivity index (χ0v) is 9.69. The Bertz CT molecular complexity index is 276. The summed E-state index contributed by atoms with van der Waals surface area (Å²) in [5.41, 5.74) is -1.38. The molecule has 1 saturated heterocycles. The maximum Gasteiger partial charge on any atom is 0.319 e. The van der Waals surface area contributed by atoms with E-state index in [0.717, 1.165) is 0 Å². The molecule has 0 radical (unpaired) electrons. The highest BCUT2D eigenvalue weighted by molar-refractivity contribution is 6.04. The van der Waals surface area contributed by atoms with Gasteiger partial charge in [-0.2, -0.15) is 0 Å². The molecule has 1 fully saturated rings. The molecule has 0 aromatic carbocycles. The number of carbonyl (C=O) groups is 2. The molecular formula is C11H18O5. The molecule has 0 bridgehead atoms. The Labute approximate surface area is 94.7 Å². The second-order valence-corrected chi connectivity index (χ2v) is 4.18. The first-order valence-corrected chi connectivity index (χ1v) is 5.39. The van der Waals surface area contributed by atoms with Crippen molar-refractivity contribution in [2.75, 3.05) is 26.9 Å². The van der Waals surface area contributed by atoms with Gasteiger partial charge in [0.05, 0.1) is 13.2 Å². The number of ether oxygens (including phenoxy) is 2. The first-order valence-electron chi connectivity index (χ1n) is 5.39. The van der Waals surface area contributed by atoms with Crippen LogP contribution < -0.4 is 0 Å². The van der Waals surface area contributed by atoms with Crippen LogP contribution in [0, 0.1) is 11.3 Å². The third-order valence-corrected chi connectivity index (χ3v) is 3.28. The van der Waals surface area contributed by atoms with Crippen LogP contribution in [0.4, 0.5) is 0 Å². The summed E-state index contributed by atoms with van der Waals surface area (Å²) in [7, 11) is 1.55. The van der Waals surface area contributed by atoms with Gasteiger partial charge in [0, 0.05) is 20.1 Å². The van der Waals surface area contributed by atoms with Crippen LogP contribution in [0.2, 0.25) is 0 Å². The summed E-state index contributed by atoms with van der Waals surface area (Å²) in [6, 6.07) is 0. The van der Waals surface area contributed by atoms with Gasteiger partial charge in [-0.25, -0.2) is 0 Å². The van der Waals surface area contributed by atoms with Crippen LogP contribution in [0.25, 0.3) is 0 Å². The van der Waals surface area contributed by atoms with Crippen molar-refractivity contribution in [3.8, 4) is 0 Å². The summed E-state index contributed by atoms with van der Waals surface area (Å²) in [4.78, 5) is 23.2. The van der Waals surface area contributed by atoms with Gasteiger partial charge in [0.15, 0.2) is 11.2 Å². The molecular weight excluding hydrogens is 212 g/mol.